The summed E-state index contributed by atoms with van der Waals surface area (Å²) in [7, 11) is -3.58. The van der Waals surface area contributed by atoms with E-state index in [1.807, 2.05) is 30.3 Å². The molecule has 9 nitrogen and oxygen atoms in total. The average Bonchev–Trinajstić information content (AvgIpc) is 3.13. The number of aromatic nitrogens is 2. The van der Waals surface area contributed by atoms with Gasteiger partial charge in [-0.2, -0.15) is 9.40 Å². The number of hydrogen-bond donors (Lipinski definition) is 1. The number of carbonyl (C=O) groups is 2. The molecule has 0 aliphatic rings. The summed E-state index contributed by atoms with van der Waals surface area (Å²) in [5, 5.41) is 7.01. The maximum absolute atomic E-state index is 12.6. The Hall–Kier alpha value is -3.50. The first-order valence-electron chi connectivity index (χ1n) is 10.9. The molecule has 0 spiro atoms. The van der Waals surface area contributed by atoms with Crippen LogP contribution in [0, 0.1) is 13.8 Å². The number of sulfonamides is 1. The standard InChI is InChI=1S/C24H28N4O5S/c1-5-27(6-2)34(31,32)21-14-12-19(13-15-21)25-22(29)16-33-24(30)23-17(3)26-28(18(23)4)20-10-8-7-9-11-20/h7-15H,5-6,16H2,1-4H3,(H,25,29). The van der Waals surface area contributed by atoms with Gasteiger partial charge < -0.3 is 10.1 Å². The Kier molecular flexibility index (Phi) is 7.85. The lowest BCUT2D eigenvalue weighted by atomic mass is 10.2. The van der Waals surface area contributed by atoms with Gasteiger partial charge in [-0.15, -0.1) is 0 Å². The maximum Gasteiger partial charge on any atom is 0.342 e. The van der Waals surface area contributed by atoms with Crippen molar-refractivity contribution < 1.29 is 22.7 Å². The van der Waals surface area contributed by atoms with Gasteiger partial charge in [-0.3, -0.25) is 4.79 Å². The minimum atomic E-state index is -3.58. The van der Waals surface area contributed by atoms with Crippen molar-refractivity contribution in [3.8, 4) is 5.69 Å². The van der Waals surface area contributed by atoms with Crippen molar-refractivity contribution in [1.82, 2.24) is 14.1 Å². The molecule has 0 unspecified atom stereocenters. The number of para-hydroxylation sites is 1. The zero-order valence-corrected chi connectivity index (χ0v) is 20.4. The van der Waals surface area contributed by atoms with E-state index in [2.05, 4.69) is 10.4 Å². The van der Waals surface area contributed by atoms with Crippen molar-refractivity contribution in [1.29, 1.82) is 0 Å². The number of hydrogen-bond acceptors (Lipinski definition) is 6. The molecule has 0 radical (unpaired) electrons. The predicted molar refractivity (Wildman–Crippen MR) is 128 cm³/mol. The van der Waals surface area contributed by atoms with Crippen LogP contribution in [0.1, 0.15) is 35.6 Å². The largest absolute Gasteiger partial charge is 0.452 e. The number of nitrogens with zero attached hydrogens (tertiary/aromatic N) is 3. The van der Waals surface area contributed by atoms with Crippen molar-refractivity contribution in [3.05, 3.63) is 71.5 Å². The number of amides is 1. The first kappa shape index (κ1) is 25.1. The molecule has 1 N–H and O–H groups in total. The van der Waals surface area contributed by atoms with E-state index in [1.165, 1.54) is 28.6 Å². The van der Waals surface area contributed by atoms with Gasteiger partial charge in [0.05, 0.1) is 22.0 Å². The Morgan fingerprint density at radius 3 is 2.21 bits per heavy atom. The van der Waals surface area contributed by atoms with Gasteiger partial charge >= 0.3 is 5.97 Å². The fraction of sp³-hybridized carbons (Fsp3) is 0.292. The number of rotatable bonds is 9. The molecule has 0 aliphatic heterocycles. The molecule has 1 amide bonds. The molecule has 3 aromatic rings. The second kappa shape index (κ2) is 10.6. The third-order valence-electron chi connectivity index (χ3n) is 5.31. The molecule has 180 valence electrons. The number of ether oxygens (including phenoxy) is 1. The third-order valence-corrected chi connectivity index (χ3v) is 7.38. The van der Waals surface area contributed by atoms with E-state index in [0.29, 0.717) is 35.7 Å². The van der Waals surface area contributed by atoms with Crippen LogP contribution in [0.4, 0.5) is 5.69 Å². The van der Waals surface area contributed by atoms with Gasteiger partial charge in [-0.1, -0.05) is 32.0 Å². The van der Waals surface area contributed by atoms with E-state index in [9.17, 15) is 18.0 Å². The highest BCUT2D eigenvalue weighted by molar-refractivity contribution is 7.89. The van der Waals surface area contributed by atoms with Crippen LogP contribution in [-0.2, 0) is 19.6 Å². The Balaban J connectivity index is 1.63. The van der Waals surface area contributed by atoms with E-state index in [1.54, 1.807) is 32.4 Å². The zero-order valence-electron chi connectivity index (χ0n) is 19.6. The van der Waals surface area contributed by atoms with Gasteiger partial charge in [0.1, 0.15) is 5.56 Å². The van der Waals surface area contributed by atoms with Crippen LogP contribution >= 0.6 is 0 Å². The van der Waals surface area contributed by atoms with Crippen LogP contribution < -0.4 is 5.32 Å². The Labute approximate surface area is 199 Å². The summed E-state index contributed by atoms with van der Waals surface area (Å²) >= 11 is 0. The Morgan fingerprint density at radius 1 is 1.00 bits per heavy atom. The molecule has 0 bridgehead atoms. The van der Waals surface area contributed by atoms with Gasteiger partial charge in [-0.25, -0.2) is 17.9 Å². The van der Waals surface area contributed by atoms with Crippen molar-refractivity contribution in [2.45, 2.75) is 32.6 Å². The van der Waals surface area contributed by atoms with Gasteiger partial charge in [-0.05, 0) is 50.2 Å². The highest BCUT2D eigenvalue weighted by Crippen LogP contribution is 2.20. The molecule has 0 atom stereocenters. The number of carbonyl (C=O) groups excluding carboxylic acids is 2. The summed E-state index contributed by atoms with van der Waals surface area (Å²) in [5.74, 6) is -1.19. The van der Waals surface area contributed by atoms with Crippen molar-refractivity contribution in [2.75, 3.05) is 25.0 Å². The molecule has 0 saturated carbocycles. The maximum atomic E-state index is 12.6. The van der Waals surface area contributed by atoms with Crippen LogP contribution in [0.5, 0.6) is 0 Å². The molecule has 0 fully saturated rings. The lowest BCUT2D eigenvalue weighted by Gasteiger charge is -2.18. The Bertz CT molecular complexity index is 1260. The first-order valence-corrected chi connectivity index (χ1v) is 12.3. The summed E-state index contributed by atoms with van der Waals surface area (Å²) in [4.78, 5) is 25.1. The number of aryl methyl sites for hydroxylation is 1. The fourth-order valence-corrected chi connectivity index (χ4v) is 5.04. The topological polar surface area (TPSA) is 111 Å². The van der Waals surface area contributed by atoms with E-state index < -0.39 is 28.5 Å². The molecule has 1 heterocycles. The van der Waals surface area contributed by atoms with Crippen molar-refractivity contribution >= 4 is 27.6 Å². The number of anilines is 1. The molecular formula is C24H28N4O5S. The van der Waals surface area contributed by atoms with Crippen LogP contribution in [0.3, 0.4) is 0 Å². The minimum Gasteiger partial charge on any atom is -0.452 e. The minimum absolute atomic E-state index is 0.141. The van der Waals surface area contributed by atoms with Gasteiger partial charge in [0, 0.05) is 18.8 Å². The number of nitrogens with one attached hydrogen (secondary N) is 1. The third kappa shape index (κ3) is 5.35. The summed E-state index contributed by atoms with van der Waals surface area (Å²) in [6.45, 7) is 7.25. The normalized spacial score (nSPS) is 11.4. The quantitative estimate of drug-likeness (QED) is 0.467. The summed E-state index contributed by atoms with van der Waals surface area (Å²) < 4.78 is 33.3. The van der Waals surface area contributed by atoms with Gasteiger partial charge in [0.25, 0.3) is 5.91 Å². The van der Waals surface area contributed by atoms with E-state index in [4.69, 9.17) is 4.74 Å². The number of esters is 1. The van der Waals surface area contributed by atoms with Crippen LogP contribution in [0.25, 0.3) is 5.69 Å². The molecular weight excluding hydrogens is 456 g/mol. The number of benzene rings is 2. The molecule has 0 aliphatic carbocycles. The summed E-state index contributed by atoms with van der Waals surface area (Å²) in [6.07, 6.45) is 0. The molecule has 3 rings (SSSR count). The molecule has 1 aromatic heterocycles. The van der Waals surface area contributed by atoms with Crippen LogP contribution in [-0.4, -0.2) is 54.1 Å². The van der Waals surface area contributed by atoms with Crippen LogP contribution in [0.15, 0.2) is 59.5 Å². The smallest absolute Gasteiger partial charge is 0.342 e. The second-order valence-electron chi connectivity index (χ2n) is 7.53. The lowest BCUT2D eigenvalue weighted by Crippen LogP contribution is -2.30. The monoisotopic (exact) mass is 484 g/mol. The molecule has 10 heteroatoms. The first-order chi connectivity index (χ1) is 16.2. The zero-order chi connectivity index (χ0) is 24.9. The highest BCUT2D eigenvalue weighted by Gasteiger charge is 2.23. The lowest BCUT2D eigenvalue weighted by molar-refractivity contribution is -0.119. The molecule has 2 aromatic carbocycles. The van der Waals surface area contributed by atoms with Crippen molar-refractivity contribution in [2.24, 2.45) is 0 Å². The van der Waals surface area contributed by atoms with E-state index >= 15 is 0 Å². The van der Waals surface area contributed by atoms with Crippen molar-refractivity contribution in [3.63, 3.8) is 0 Å². The van der Waals surface area contributed by atoms with Crippen LogP contribution in [0.2, 0.25) is 0 Å². The summed E-state index contributed by atoms with van der Waals surface area (Å²) in [5.41, 5.74) is 2.62. The fourth-order valence-electron chi connectivity index (χ4n) is 3.58. The SMILES string of the molecule is CCN(CC)S(=O)(=O)c1ccc(NC(=O)COC(=O)c2c(C)nn(-c3ccccc3)c2C)cc1. The predicted octanol–water partition coefficient (Wildman–Crippen LogP) is 3.32. The summed E-state index contributed by atoms with van der Waals surface area (Å²) in [6, 6.07) is 15.2. The van der Waals surface area contributed by atoms with E-state index in [0.717, 1.165) is 5.69 Å². The molecule has 34 heavy (non-hydrogen) atoms. The van der Waals surface area contributed by atoms with Gasteiger partial charge in [0.2, 0.25) is 10.0 Å². The van der Waals surface area contributed by atoms with E-state index in [-0.39, 0.29) is 4.90 Å². The highest BCUT2D eigenvalue weighted by atomic mass is 32.2. The average molecular weight is 485 g/mol. The molecule has 0 saturated heterocycles. The second-order valence-corrected chi connectivity index (χ2v) is 9.47. The van der Waals surface area contributed by atoms with Gasteiger partial charge in [0.15, 0.2) is 6.61 Å². The Morgan fingerprint density at radius 2 is 1.62 bits per heavy atom.